The summed E-state index contributed by atoms with van der Waals surface area (Å²) >= 11 is 3.39. The van der Waals surface area contributed by atoms with Gasteiger partial charge in [0.15, 0.2) is 11.5 Å². The van der Waals surface area contributed by atoms with Crippen LogP contribution in [-0.4, -0.2) is 46.1 Å². The molecule has 0 spiro atoms. The predicted molar refractivity (Wildman–Crippen MR) is 126 cm³/mol. The van der Waals surface area contributed by atoms with Gasteiger partial charge in [0.25, 0.3) is 5.91 Å². The second-order valence-electron chi connectivity index (χ2n) is 8.15. The number of Topliss-reactive ketones (excluding diaryl/α,β-unsaturated/α-hetero) is 1. The summed E-state index contributed by atoms with van der Waals surface area (Å²) in [5.41, 5.74) is 0.954. The van der Waals surface area contributed by atoms with Gasteiger partial charge >= 0.3 is 0 Å². The Labute approximate surface area is 199 Å². The van der Waals surface area contributed by atoms with E-state index < -0.39 is 23.5 Å². The maximum absolute atomic E-state index is 13.5. The van der Waals surface area contributed by atoms with E-state index in [1.807, 2.05) is 19.9 Å². The molecule has 7 nitrogen and oxygen atoms in total. The van der Waals surface area contributed by atoms with Crippen molar-refractivity contribution >= 4 is 38.6 Å². The highest BCUT2D eigenvalue weighted by atomic mass is 79.9. The Morgan fingerprint density at radius 1 is 1.18 bits per heavy atom. The van der Waals surface area contributed by atoms with E-state index in [9.17, 15) is 19.8 Å². The molecule has 0 saturated carbocycles. The number of rotatable bonds is 8. The number of nitrogens with zero attached hydrogens (tertiary/aromatic N) is 1. The number of aromatic hydroxyl groups is 1. The van der Waals surface area contributed by atoms with Gasteiger partial charge in [-0.15, -0.1) is 0 Å². The molecule has 0 radical (unpaired) electrons. The van der Waals surface area contributed by atoms with E-state index in [4.69, 9.17) is 9.15 Å². The van der Waals surface area contributed by atoms with E-state index in [-0.39, 0.29) is 29.7 Å². The van der Waals surface area contributed by atoms with Crippen LogP contribution in [0, 0.1) is 0 Å². The summed E-state index contributed by atoms with van der Waals surface area (Å²) in [5.74, 6) is -1.82. The zero-order valence-corrected chi connectivity index (χ0v) is 19.8. The van der Waals surface area contributed by atoms with Crippen molar-refractivity contribution in [1.29, 1.82) is 0 Å². The summed E-state index contributed by atoms with van der Waals surface area (Å²) in [5, 5.41) is 21.5. The molecule has 8 heteroatoms. The molecule has 1 unspecified atom stereocenters. The fraction of sp³-hybridized carbons (Fsp3) is 0.280. The van der Waals surface area contributed by atoms with Gasteiger partial charge in [0, 0.05) is 23.0 Å². The van der Waals surface area contributed by atoms with Crippen molar-refractivity contribution in [2.45, 2.75) is 32.4 Å². The minimum absolute atomic E-state index is 0.00480. The first-order valence-electron chi connectivity index (χ1n) is 10.6. The van der Waals surface area contributed by atoms with Crippen LogP contribution in [0.15, 0.2) is 68.8 Å². The molecule has 172 valence electrons. The summed E-state index contributed by atoms with van der Waals surface area (Å²) in [6.07, 6.45) is 0.574. The lowest BCUT2D eigenvalue weighted by Gasteiger charge is -2.27. The Morgan fingerprint density at radius 2 is 1.97 bits per heavy atom. The number of hydrogen-bond acceptors (Lipinski definition) is 6. The van der Waals surface area contributed by atoms with Gasteiger partial charge in [0.1, 0.15) is 11.3 Å². The number of hydrogen-bond donors (Lipinski definition) is 2. The molecule has 1 aromatic heterocycles. The highest BCUT2D eigenvalue weighted by molar-refractivity contribution is 9.10. The van der Waals surface area contributed by atoms with Gasteiger partial charge in [0.05, 0.1) is 17.7 Å². The number of aliphatic hydroxyl groups is 1. The lowest BCUT2D eigenvalue weighted by atomic mass is 9.94. The van der Waals surface area contributed by atoms with Crippen LogP contribution >= 0.6 is 15.9 Å². The Bertz CT molecular complexity index is 1240. The third kappa shape index (κ3) is 4.67. The number of ether oxygens (including phenoxy) is 1. The van der Waals surface area contributed by atoms with Crippen molar-refractivity contribution < 1.29 is 29.0 Å². The molecule has 2 aromatic carbocycles. The van der Waals surface area contributed by atoms with Crippen molar-refractivity contribution in [3.63, 3.8) is 0 Å². The van der Waals surface area contributed by atoms with Crippen LogP contribution in [0.2, 0.25) is 0 Å². The van der Waals surface area contributed by atoms with Gasteiger partial charge < -0.3 is 24.3 Å². The maximum Gasteiger partial charge on any atom is 0.290 e. The van der Waals surface area contributed by atoms with Gasteiger partial charge in [-0.05, 0) is 62.2 Å². The highest BCUT2D eigenvalue weighted by Gasteiger charge is 2.44. The number of carbonyl (C=O) groups excluding carboxylic acids is 2. The summed E-state index contributed by atoms with van der Waals surface area (Å²) in [6.45, 7) is 4.54. The largest absolute Gasteiger partial charge is 0.508 e. The standard InChI is InChI=1S/C25H24BrNO6/c1-14(2)32-10-4-9-27-22(15-5-3-6-18(28)12-15)21(24(30)25(27)31)23(29)20-13-16-11-17(26)7-8-19(16)33-20/h3,5-8,11-14,22,28,30H,4,9-10H2,1-2H3. The van der Waals surface area contributed by atoms with Gasteiger partial charge in [-0.2, -0.15) is 0 Å². The molecular formula is C25H24BrNO6. The van der Waals surface area contributed by atoms with E-state index in [0.717, 1.165) is 4.47 Å². The van der Waals surface area contributed by atoms with Crippen LogP contribution < -0.4 is 0 Å². The topological polar surface area (TPSA) is 100 Å². The zero-order valence-electron chi connectivity index (χ0n) is 18.2. The number of phenolic OH excluding ortho intramolecular Hbond substituents is 1. The van der Waals surface area contributed by atoms with Gasteiger partial charge in [-0.25, -0.2) is 0 Å². The molecule has 1 amide bonds. The van der Waals surface area contributed by atoms with Crippen LogP contribution in [-0.2, 0) is 9.53 Å². The third-order valence-electron chi connectivity index (χ3n) is 5.43. The van der Waals surface area contributed by atoms with Crippen LogP contribution in [0.1, 0.15) is 42.4 Å². The number of ketones is 1. The fourth-order valence-corrected chi connectivity index (χ4v) is 4.35. The van der Waals surface area contributed by atoms with Gasteiger partial charge in [0.2, 0.25) is 5.78 Å². The second-order valence-corrected chi connectivity index (χ2v) is 9.07. The third-order valence-corrected chi connectivity index (χ3v) is 5.92. The Kier molecular flexibility index (Phi) is 6.58. The van der Waals surface area contributed by atoms with E-state index >= 15 is 0 Å². The van der Waals surface area contributed by atoms with Crippen molar-refractivity contribution in [3.8, 4) is 5.75 Å². The first-order chi connectivity index (χ1) is 15.8. The molecule has 4 rings (SSSR count). The van der Waals surface area contributed by atoms with Crippen molar-refractivity contribution in [3.05, 3.63) is 75.7 Å². The van der Waals surface area contributed by atoms with Gasteiger partial charge in [-0.1, -0.05) is 28.1 Å². The maximum atomic E-state index is 13.5. The summed E-state index contributed by atoms with van der Waals surface area (Å²) in [6, 6.07) is 12.4. The lowest BCUT2D eigenvalue weighted by molar-refractivity contribution is -0.129. The number of aliphatic hydroxyl groups excluding tert-OH is 1. The number of phenols is 1. The SMILES string of the molecule is CC(C)OCCCN1C(=O)C(O)=C(C(=O)c2cc3cc(Br)ccc3o2)C1c1cccc(O)c1. The first-order valence-corrected chi connectivity index (χ1v) is 11.4. The molecule has 2 heterocycles. The molecule has 3 aromatic rings. The molecule has 0 fully saturated rings. The quantitative estimate of drug-likeness (QED) is 0.313. The number of fused-ring (bicyclic) bond motifs is 1. The van der Waals surface area contributed by atoms with Crippen LogP contribution in [0.3, 0.4) is 0 Å². The first kappa shape index (κ1) is 23.1. The van der Waals surface area contributed by atoms with E-state index in [1.54, 1.807) is 30.3 Å². The molecule has 1 atom stereocenters. The average Bonchev–Trinajstić information content (AvgIpc) is 3.30. The summed E-state index contributed by atoms with van der Waals surface area (Å²) in [7, 11) is 0. The number of halogens is 1. The highest BCUT2D eigenvalue weighted by Crippen LogP contribution is 2.40. The number of amides is 1. The molecule has 1 aliphatic rings. The summed E-state index contributed by atoms with van der Waals surface area (Å²) in [4.78, 5) is 27.9. The Hall–Kier alpha value is -3.10. The summed E-state index contributed by atoms with van der Waals surface area (Å²) < 4.78 is 12.1. The molecule has 33 heavy (non-hydrogen) atoms. The fourth-order valence-electron chi connectivity index (χ4n) is 3.97. The van der Waals surface area contributed by atoms with E-state index in [2.05, 4.69) is 15.9 Å². The van der Waals surface area contributed by atoms with Crippen LogP contribution in [0.4, 0.5) is 0 Å². The van der Waals surface area contributed by atoms with Crippen LogP contribution in [0.5, 0.6) is 5.75 Å². The van der Waals surface area contributed by atoms with Crippen molar-refractivity contribution in [2.24, 2.45) is 0 Å². The van der Waals surface area contributed by atoms with Crippen molar-refractivity contribution in [2.75, 3.05) is 13.2 Å². The average molecular weight is 514 g/mol. The number of carbonyl (C=O) groups is 2. The number of furan rings is 1. The monoisotopic (exact) mass is 513 g/mol. The van der Waals surface area contributed by atoms with Crippen LogP contribution in [0.25, 0.3) is 11.0 Å². The smallest absolute Gasteiger partial charge is 0.290 e. The second kappa shape index (κ2) is 9.41. The molecular weight excluding hydrogens is 490 g/mol. The van der Waals surface area contributed by atoms with Crippen molar-refractivity contribution in [1.82, 2.24) is 4.90 Å². The zero-order chi connectivity index (χ0) is 23.7. The molecule has 2 N–H and O–H groups in total. The predicted octanol–water partition coefficient (Wildman–Crippen LogP) is 5.29. The minimum atomic E-state index is -0.865. The normalized spacial score (nSPS) is 16.4. The molecule has 0 saturated heterocycles. The van der Waals surface area contributed by atoms with E-state index in [0.29, 0.717) is 29.6 Å². The lowest BCUT2D eigenvalue weighted by Crippen LogP contribution is -2.32. The van der Waals surface area contributed by atoms with E-state index in [1.165, 1.54) is 17.0 Å². The molecule has 0 bridgehead atoms. The molecule has 0 aliphatic carbocycles. The Balaban J connectivity index is 1.71. The Morgan fingerprint density at radius 3 is 2.70 bits per heavy atom. The number of benzene rings is 2. The molecule has 1 aliphatic heterocycles. The van der Waals surface area contributed by atoms with Gasteiger partial charge in [-0.3, -0.25) is 9.59 Å². The minimum Gasteiger partial charge on any atom is -0.508 e.